The number of benzene rings is 7. The summed E-state index contributed by atoms with van der Waals surface area (Å²) in [5.74, 6) is 1.94. The highest BCUT2D eigenvalue weighted by Gasteiger charge is 2.60. The third-order valence-corrected chi connectivity index (χ3v) is 12.6. The van der Waals surface area contributed by atoms with Crippen LogP contribution < -0.4 is 4.74 Å². The molecule has 3 nitrogen and oxygen atoms in total. The Balaban J connectivity index is 1.02. The number of allylic oxidation sites excluding steroid dienone is 1. The highest BCUT2D eigenvalue weighted by Crippen LogP contribution is 2.65. The van der Waals surface area contributed by atoms with Gasteiger partial charge < -0.3 is 4.74 Å². The summed E-state index contributed by atoms with van der Waals surface area (Å²) in [6, 6.07) is 65.4. The number of ether oxygens (including phenoxy) is 1. The van der Waals surface area contributed by atoms with E-state index in [-0.39, 0.29) is 16.9 Å². The van der Waals surface area contributed by atoms with Crippen molar-refractivity contribution in [2.24, 2.45) is 5.92 Å². The summed E-state index contributed by atoms with van der Waals surface area (Å²) in [6.07, 6.45) is 6.54. The van der Waals surface area contributed by atoms with E-state index in [2.05, 4.69) is 177 Å². The molecule has 3 aliphatic rings. The van der Waals surface area contributed by atoms with Gasteiger partial charge in [-0.05, 0) is 88.2 Å². The molecule has 0 bridgehead atoms. The number of hydrogen-bond donors (Lipinski definition) is 0. The predicted octanol–water partition coefficient (Wildman–Crippen LogP) is 13.2. The molecule has 3 heteroatoms. The lowest BCUT2D eigenvalue weighted by molar-refractivity contribution is -0.0181. The highest BCUT2D eigenvalue weighted by molar-refractivity contribution is 5.86. The highest BCUT2D eigenvalue weighted by atomic mass is 16.5. The maximum Gasteiger partial charge on any atom is 0.160 e. The first-order chi connectivity index (χ1) is 28.1. The van der Waals surface area contributed by atoms with Gasteiger partial charge in [0.1, 0.15) is 11.4 Å². The maximum atomic E-state index is 7.09. The Bertz CT molecular complexity index is 2760. The maximum absolute atomic E-state index is 7.09. The van der Waals surface area contributed by atoms with E-state index < -0.39 is 0 Å². The van der Waals surface area contributed by atoms with Gasteiger partial charge in [-0.2, -0.15) is 0 Å². The number of fused-ring (bicyclic) bond motifs is 9. The SMILES string of the molecule is C[C@]12CC=CCC1C1(c3cc(-c4cccc(-c5cccc(-c6cc(-c7ccccc7)nc(-c7ccccc7)n6)c5)c4)ccc3O2)c2ccccc2-c2ccccc21. The normalized spacial score (nSPS) is 18.2. The van der Waals surface area contributed by atoms with Crippen LogP contribution in [0.1, 0.15) is 36.5 Å². The summed E-state index contributed by atoms with van der Waals surface area (Å²) in [5, 5.41) is 0. The molecule has 11 rings (SSSR count). The van der Waals surface area contributed by atoms with Gasteiger partial charge in [0.2, 0.25) is 0 Å². The zero-order valence-electron chi connectivity index (χ0n) is 31.8. The van der Waals surface area contributed by atoms with Crippen molar-refractivity contribution in [1.29, 1.82) is 0 Å². The minimum Gasteiger partial charge on any atom is -0.487 e. The van der Waals surface area contributed by atoms with Crippen molar-refractivity contribution in [3.8, 4) is 73.0 Å². The van der Waals surface area contributed by atoms with Crippen LogP contribution in [0.25, 0.3) is 67.3 Å². The number of nitrogens with zero attached hydrogens (tertiary/aromatic N) is 2. The predicted molar refractivity (Wildman–Crippen MR) is 232 cm³/mol. The lowest BCUT2D eigenvalue weighted by atomic mass is 9.55. The van der Waals surface area contributed by atoms with Crippen molar-refractivity contribution >= 4 is 0 Å². The van der Waals surface area contributed by atoms with E-state index >= 15 is 0 Å². The van der Waals surface area contributed by atoms with E-state index in [0.717, 1.165) is 57.8 Å². The van der Waals surface area contributed by atoms with Gasteiger partial charge in [-0.25, -0.2) is 9.97 Å². The molecule has 272 valence electrons. The van der Waals surface area contributed by atoms with Gasteiger partial charge in [-0.15, -0.1) is 0 Å². The second-order valence-corrected chi connectivity index (χ2v) is 15.8. The molecule has 0 saturated heterocycles. The molecule has 2 heterocycles. The van der Waals surface area contributed by atoms with E-state index in [0.29, 0.717) is 5.82 Å². The first kappa shape index (κ1) is 33.5. The molecule has 8 aromatic rings. The van der Waals surface area contributed by atoms with Crippen molar-refractivity contribution in [2.75, 3.05) is 0 Å². The van der Waals surface area contributed by atoms with Crippen LogP contribution in [0.15, 0.2) is 194 Å². The first-order valence-corrected chi connectivity index (χ1v) is 20.0. The monoisotopic (exact) mass is 732 g/mol. The molecular weight excluding hydrogens is 693 g/mol. The lowest BCUT2D eigenvalue weighted by Crippen LogP contribution is -2.56. The molecule has 0 radical (unpaired) electrons. The summed E-state index contributed by atoms with van der Waals surface area (Å²) < 4.78 is 7.09. The van der Waals surface area contributed by atoms with Crippen LogP contribution in [-0.2, 0) is 5.41 Å². The Labute approximate surface area is 334 Å². The van der Waals surface area contributed by atoms with Crippen LogP contribution in [0, 0.1) is 5.92 Å². The van der Waals surface area contributed by atoms with Crippen molar-refractivity contribution in [1.82, 2.24) is 9.97 Å². The molecule has 0 fully saturated rings. The zero-order valence-corrected chi connectivity index (χ0v) is 31.8. The van der Waals surface area contributed by atoms with Crippen LogP contribution in [0.2, 0.25) is 0 Å². The standard InChI is InChI=1S/C54H40N2O/c1-53-31-13-12-28-51(53)54(45-26-10-8-24-43(45)44-25-9-11-27-46(44)54)47-34-41(29-30-50(47)57-53)39-21-14-20-38(32-39)40-22-15-23-42(33-40)49-35-48(36-16-4-2-5-17-36)55-52(56-49)37-18-6-3-7-19-37/h2-27,29-30,32-35,51H,28,31H2,1H3/t51?,53-/m0/s1. The van der Waals surface area contributed by atoms with Crippen molar-refractivity contribution in [2.45, 2.75) is 30.8 Å². The minimum absolute atomic E-state index is 0.239. The van der Waals surface area contributed by atoms with Crippen LogP contribution in [0.5, 0.6) is 5.75 Å². The van der Waals surface area contributed by atoms with Crippen molar-refractivity contribution < 1.29 is 4.74 Å². The fraction of sp³-hybridized carbons (Fsp3) is 0.111. The molecule has 1 unspecified atom stereocenters. The van der Waals surface area contributed by atoms with Gasteiger partial charge in [0.25, 0.3) is 0 Å². The molecule has 0 saturated carbocycles. The molecule has 1 aromatic heterocycles. The summed E-state index contributed by atoms with van der Waals surface area (Å²) >= 11 is 0. The average Bonchev–Trinajstić information content (AvgIpc) is 3.57. The molecule has 2 atom stereocenters. The summed E-state index contributed by atoms with van der Waals surface area (Å²) in [6.45, 7) is 2.33. The quantitative estimate of drug-likeness (QED) is 0.165. The molecule has 57 heavy (non-hydrogen) atoms. The Morgan fingerprint density at radius 3 is 1.65 bits per heavy atom. The summed E-state index contributed by atoms with van der Waals surface area (Å²) in [5.41, 5.74) is 15.6. The van der Waals surface area contributed by atoms with Gasteiger partial charge in [0.05, 0.1) is 16.8 Å². The molecular formula is C54H40N2O. The lowest BCUT2D eigenvalue weighted by Gasteiger charge is -2.54. The van der Waals surface area contributed by atoms with Gasteiger partial charge >= 0.3 is 0 Å². The summed E-state index contributed by atoms with van der Waals surface area (Å²) in [4.78, 5) is 10.1. The number of hydrogen-bond acceptors (Lipinski definition) is 3. The van der Waals surface area contributed by atoms with Crippen LogP contribution in [-0.4, -0.2) is 15.6 Å². The smallest absolute Gasteiger partial charge is 0.160 e. The van der Waals surface area contributed by atoms with Crippen molar-refractivity contribution in [3.63, 3.8) is 0 Å². The van der Waals surface area contributed by atoms with Gasteiger partial charge in [-0.3, -0.25) is 0 Å². The van der Waals surface area contributed by atoms with Gasteiger partial charge in [0, 0.05) is 34.6 Å². The van der Waals surface area contributed by atoms with E-state index in [1.807, 2.05) is 24.3 Å². The first-order valence-electron chi connectivity index (χ1n) is 20.0. The van der Waals surface area contributed by atoms with Crippen LogP contribution >= 0.6 is 0 Å². The molecule has 7 aromatic carbocycles. The molecule has 1 spiro atoms. The Morgan fingerprint density at radius 2 is 0.982 bits per heavy atom. The van der Waals surface area contributed by atoms with Gasteiger partial charge in [-0.1, -0.05) is 164 Å². The Kier molecular flexibility index (Phi) is 7.72. The van der Waals surface area contributed by atoms with Crippen LogP contribution in [0.3, 0.4) is 0 Å². The van der Waals surface area contributed by atoms with Crippen molar-refractivity contribution in [3.05, 3.63) is 211 Å². The number of aromatic nitrogens is 2. The third-order valence-electron chi connectivity index (χ3n) is 12.6. The van der Waals surface area contributed by atoms with Crippen LogP contribution in [0.4, 0.5) is 0 Å². The fourth-order valence-electron chi connectivity index (χ4n) is 9.97. The Hall–Kier alpha value is -6.84. The van der Waals surface area contributed by atoms with E-state index in [9.17, 15) is 0 Å². The molecule has 0 amide bonds. The molecule has 0 N–H and O–H groups in total. The topological polar surface area (TPSA) is 35.0 Å². The zero-order chi connectivity index (χ0) is 38.0. The second-order valence-electron chi connectivity index (χ2n) is 15.8. The van der Waals surface area contributed by atoms with E-state index in [1.54, 1.807) is 0 Å². The largest absolute Gasteiger partial charge is 0.487 e. The fourth-order valence-corrected chi connectivity index (χ4v) is 9.97. The Morgan fingerprint density at radius 1 is 0.456 bits per heavy atom. The molecule has 1 aliphatic heterocycles. The molecule has 2 aliphatic carbocycles. The average molecular weight is 733 g/mol. The third kappa shape index (κ3) is 5.33. The minimum atomic E-state index is -0.336. The van der Waals surface area contributed by atoms with E-state index in [4.69, 9.17) is 14.7 Å². The van der Waals surface area contributed by atoms with E-state index in [1.165, 1.54) is 38.9 Å². The number of rotatable bonds is 5. The second kappa shape index (κ2) is 13.1. The van der Waals surface area contributed by atoms with Gasteiger partial charge in [0.15, 0.2) is 5.82 Å². The summed E-state index contributed by atoms with van der Waals surface area (Å²) in [7, 11) is 0.